The summed E-state index contributed by atoms with van der Waals surface area (Å²) in [6, 6.07) is 8.11. The van der Waals surface area contributed by atoms with E-state index in [0.29, 0.717) is 6.04 Å². The van der Waals surface area contributed by atoms with Gasteiger partial charge < -0.3 is 15.2 Å². The minimum atomic E-state index is -0.839. The number of aliphatic hydroxyl groups is 1. The molecule has 0 bridgehead atoms. The van der Waals surface area contributed by atoms with Gasteiger partial charge in [0, 0.05) is 11.6 Å². The Labute approximate surface area is 103 Å². The zero-order valence-electron chi connectivity index (χ0n) is 10.6. The molecule has 1 heterocycles. The zero-order valence-corrected chi connectivity index (χ0v) is 10.6. The molecular formula is C14H21NO2. The van der Waals surface area contributed by atoms with Crippen molar-refractivity contribution in [3.05, 3.63) is 29.8 Å². The molecule has 3 heteroatoms. The summed E-state index contributed by atoms with van der Waals surface area (Å²) in [5, 5.41) is 14.1. The lowest BCUT2D eigenvalue weighted by Gasteiger charge is -2.28. The van der Waals surface area contributed by atoms with Gasteiger partial charge in [-0.1, -0.05) is 18.2 Å². The number of benzene rings is 1. The molecule has 17 heavy (non-hydrogen) atoms. The highest BCUT2D eigenvalue weighted by atomic mass is 16.5. The molecule has 2 N–H and O–H groups in total. The third kappa shape index (κ3) is 2.79. The molecule has 1 aromatic rings. The van der Waals surface area contributed by atoms with Crippen LogP contribution in [0.1, 0.15) is 31.7 Å². The number of hydrogen-bond acceptors (Lipinski definition) is 3. The number of methoxy groups -OCH3 is 1. The Morgan fingerprint density at radius 3 is 2.88 bits per heavy atom. The van der Waals surface area contributed by atoms with Gasteiger partial charge in [-0.25, -0.2) is 0 Å². The third-order valence-corrected chi connectivity index (χ3v) is 3.49. The molecule has 1 aromatic carbocycles. The highest BCUT2D eigenvalue weighted by Gasteiger charge is 2.31. The Morgan fingerprint density at radius 2 is 2.24 bits per heavy atom. The summed E-state index contributed by atoms with van der Waals surface area (Å²) in [7, 11) is 1.64. The minimum Gasteiger partial charge on any atom is -0.496 e. The van der Waals surface area contributed by atoms with Gasteiger partial charge in [0.25, 0.3) is 0 Å². The summed E-state index contributed by atoms with van der Waals surface area (Å²) in [6.45, 7) is 2.93. The van der Waals surface area contributed by atoms with Crippen molar-refractivity contribution in [1.82, 2.24) is 5.32 Å². The van der Waals surface area contributed by atoms with E-state index in [0.717, 1.165) is 30.7 Å². The highest BCUT2D eigenvalue weighted by molar-refractivity contribution is 5.37. The summed E-state index contributed by atoms with van der Waals surface area (Å²) < 4.78 is 5.32. The van der Waals surface area contributed by atoms with E-state index in [2.05, 4.69) is 5.32 Å². The van der Waals surface area contributed by atoms with E-state index < -0.39 is 5.60 Å². The number of nitrogens with one attached hydrogen (secondary N) is 1. The van der Waals surface area contributed by atoms with Crippen LogP contribution in [0, 0.1) is 0 Å². The molecule has 0 aliphatic carbocycles. The van der Waals surface area contributed by atoms with E-state index in [4.69, 9.17) is 4.74 Å². The summed E-state index contributed by atoms with van der Waals surface area (Å²) in [4.78, 5) is 0. The fraction of sp³-hybridized carbons (Fsp3) is 0.571. The molecule has 0 saturated carbocycles. The summed E-state index contributed by atoms with van der Waals surface area (Å²) in [6.07, 6.45) is 3.07. The van der Waals surface area contributed by atoms with Crippen molar-refractivity contribution in [1.29, 1.82) is 0 Å². The molecule has 3 nitrogen and oxygen atoms in total. The Hall–Kier alpha value is -1.06. The standard InChI is InChI=1S/C14H21NO2/c1-14(16,10-11-6-5-9-15-11)12-7-3-4-8-13(12)17-2/h3-4,7-8,11,15-16H,5-6,9-10H2,1-2H3. The topological polar surface area (TPSA) is 41.5 Å². The van der Waals surface area contributed by atoms with E-state index in [1.54, 1.807) is 7.11 Å². The van der Waals surface area contributed by atoms with Gasteiger partial charge in [0.1, 0.15) is 5.75 Å². The first kappa shape index (κ1) is 12.4. The predicted molar refractivity (Wildman–Crippen MR) is 68.2 cm³/mol. The lowest BCUT2D eigenvalue weighted by atomic mass is 9.88. The van der Waals surface area contributed by atoms with Gasteiger partial charge >= 0.3 is 0 Å². The summed E-state index contributed by atoms with van der Waals surface area (Å²) in [5.74, 6) is 0.760. The van der Waals surface area contributed by atoms with Crippen molar-refractivity contribution >= 4 is 0 Å². The third-order valence-electron chi connectivity index (χ3n) is 3.49. The molecule has 0 aromatic heterocycles. The summed E-state index contributed by atoms with van der Waals surface area (Å²) >= 11 is 0. The van der Waals surface area contributed by atoms with E-state index >= 15 is 0 Å². The van der Waals surface area contributed by atoms with Crippen LogP contribution in [0.25, 0.3) is 0 Å². The van der Waals surface area contributed by atoms with Crippen LogP contribution < -0.4 is 10.1 Å². The first-order chi connectivity index (χ1) is 8.13. The van der Waals surface area contributed by atoms with Crippen LogP contribution in [0.4, 0.5) is 0 Å². The molecule has 1 fully saturated rings. The number of ether oxygens (including phenoxy) is 1. The molecule has 2 atom stereocenters. The second kappa shape index (κ2) is 5.07. The first-order valence-corrected chi connectivity index (χ1v) is 6.23. The van der Waals surface area contributed by atoms with Crippen molar-refractivity contribution in [2.75, 3.05) is 13.7 Å². The quantitative estimate of drug-likeness (QED) is 0.839. The van der Waals surface area contributed by atoms with E-state index in [-0.39, 0.29) is 0 Å². The molecule has 1 saturated heterocycles. The lowest BCUT2D eigenvalue weighted by molar-refractivity contribution is 0.0361. The molecule has 2 unspecified atom stereocenters. The fourth-order valence-corrected chi connectivity index (χ4v) is 2.61. The Morgan fingerprint density at radius 1 is 1.47 bits per heavy atom. The average molecular weight is 235 g/mol. The van der Waals surface area contributed by atoms with Crippen LogP contribution in [0.15, 0.2) is 24.3 Å². The van der Waals surface area contributed by atoms with Crippen LogP contribution in [-0.4, -0.2) is 24.8 Å². The smallest absolute Gasteiger partial charge is 0.124 e. The molecule has 0 amide bonds. The van der Waals surface area contributed by atoms with Crippen LogP contribution in [0.2, 0.25) is 0 Å². The summed E-state index contributed by atoms with van der Waals surface area (Å²) in [5.41, 5.74) is 0.0328. The normalized spacial score (nSPS) is 23.4. The lowest BCUT2D eigenvalue weighted by Crippen LogP contribution is -2.33. The van der Waals surface area contributed by atoms with Crippen LogP contribution in [-0.2, 0) is 5.60 Å². The Bertz CT molecular complexity index is 370. The van der Waals surface area contributed by atoms with Crippen LogP contribution in [0.5, 0.6) is 5.75 Å². The Balaban J connectivity index is 2.17. The van der Waals surface area contributed by atoms with Gasteiger partial charge in [0.15, 0.2) is 0 Å². The molecule has 2 rings (SSSR count). The van der Waals surface area contributed by atoms with E-state index in [9.17, 15) is 5.11 Å². The van der Waals surface area contributed by atoms with Gasteiger partial charge in [0.05, 0.1) is 12.7 Å². The molecule has 0 spiro atoms. The van der Waals surface area contributed by atoms with Crippen molar-refractivity contribution < 1.29 is 9.84 Å². The molecule has 0 radical (unpaired) electrons. The van der Waals surface area contributed by atoms with Gasteiger partial charge in [0.2, 0.25) is 0 Å². The molecule has 1 aliphatic rings. The van der Waals surface area contributed by atoms with Gasteiger partial charge in [-0.05, 0) is 38.8 Å². The second-order valence-electron chi connectivity index (χ2n) is 4.97. The number of para-hydroxylation sites is 1. The minimum absolute atomic E-state index is 0.412. The van der Waals surface area contributed by atoms with Crippen molar-refractivity contribution in [3.8, 4) is 5.75 Å². The molecular weight excluding hydrogens is 214 g/mol. The second-order valence-corrected chi connectivity index (χ2v) is 4.97. The van der Waals surface area contributed by atoms with Crippen LogP contribution in [0.3, 0.4) is 0 Å². The maximum absolute atomic E-state index is 10.6. The maximum atomic E-state index is 10.6. The molecule has 1 aliphatic heterocycles. The first-order valence-electron chi connectivity index (χ1n) is 6.23. The predicted octanol–water partition coefficient (Wildman–Crippen LogP) is 2.04. The highest BCUT2D eigenvalue weighted by Crippen LogP contribution is 2.34. The SMILES string of the molecule is COc1ccccc1C(C)(O)CC1CCCN1. The Kier molecular flexibility index (Phi) is 3.69. The van der Waals surface area contributed by atoms with Crippen molar-refractivity contribution in [2.45, 2.75) is 37.8 Å². The van der Waals surface area contributed by atoms with Crippen molar-refractivity contribution in [2.24, 2.45) is 0 Å². The van der Waals surface area contributed by atoms with Crippen molar-refractivity contribution in [3.63, 3.8) is 0 Å². The number of hydrogen-bond donors (Lipinski definition) is 2. The fourth-order valence-electron chi connectivity index (χ4n) is 2.61. The largest absolute Gasteiger partial charge is 0.496 e. The van der Waals surface area contributed by atoms with E-state index in [1.165, 1.54) is 6.42 Å². The van der Waals surface area contributed by atoms with Crippen LogP contribution >= 0.6 is 0 Å². The van der Waals surface area contributed by atoms with Gasteiger partial charge in [-0.2, -0.15) is 0 Å². The maximum Gasteiger partial charge on any atom is 0.124 e. The molecule has 94 valence electrons. The number of rotatable bonds is 4. The van der Waals surface area contributed by atoms with Gasteiger partial charge in [-0.15, -0.1) is 0 Å². The zero-order chi connectivity index (χ0) is 12.3. The monoisotopic (exact) mass is 235 g/mol. The van der Waals surface area contributed by atoms with E-state index in [1.807, 2.05) is 31.2 Å². The average Bonchev–Trinajstić information content (AvgIpc) is 2.81. The van der Waals surface area contributed by atoms with Gasteiger partial charge in [-0.3, -0.25) is 0 Å².